The lowest BCUT2D eigenvalue weighted by atomic mass is 10.1. The van der Waals surface area contributed by atoms with Crippen LogP contribution in [0.25, 0.3) is 10.9 Å². The smallest absolute Gasteiger partial charge is 0.182 e. The number of alkyl halides is 1. The number of aryl methyl sites for hydroxylation is 1. The minimum Gasteiger partial charge on any atom is -0.350 e. The second kappa shape index (κ2) is 4.11. The summed E-state index contributed by atoms with van der Waals surface area (Å²) < 4.78 is 1.88. The summed E-state index contributed by atoms with van der Waals surface area (Å²) in [6.45, 7) is 1.68. The van der Waals surface area contributed by atoms with Crippen LogP contribution < -0.4 is 0 Å². The van der Waals surface area contributed by atoms with E-state index in [9.17, 15) is 4.79 Å². The van der Waals surface area contributed by atoms with E-state index >= 15 is 0 Å². The summed E-state index contributed by atoms with van der Waals surface area (Å²) in [5, 5.41) is 1.04. The number of benzene rings is 1. The second-order valence-corrected chi connectivity index (χ2v) is 4.89. The average Bonchev–Trinajstić information content (AvgIpc) is 2.55. The summed E-state index contributed by atoms with van der Waals surface area (Å²) in [5.74, 6) is -0.0606. The average molecular weight is 256 g/mol. The van der Waals surface area contributed by atoms with Crippen molar-refractivity contribution in [2.75, 3.05) is 0 Å². The molecule has 1 aromatic heterocycles. The van der Waals surface area contributed by atoms with Gasteiger partial charge in [0.25, 0.3) is 0 Å². The van der Waals surface area contributed by atoms with Crippen molar-refractivity contribution in [2.24, 2.45) is 7.05 Å². The minimum atomic E-state index is -0.513. The van der Waals surface area contributed by atoms with Gasteiger partial charge in [0.05, 0.1) is 5.38 Å². The molecule has 1 heterocycles. The van der Waals surface area contributed by atoms with Gasteiger partial charge in [0.1, 0.15) is 0 Å². The molecule has 0 amide bonds. The van der Waals surface area contributed by atoms with Gasteiger partial charge in [-0.1, -0.05) is 17.7 Å². The molecule has 2 aromatic rings. The Labute approximate surface area is 104 Å². The van der Waals surface area contributed by atoms with Crippen LogP contribution in [0.2, 0.25) is 5.02 Å². The van der Waals surface area contributed by atoms with Crippen LogP contribution in [0.15, 0.2) is 24.4 Å². The number of rotatable bonds is 2. The molecule has 0 saturated heterocycles. The molecule has 0 aliphatic heterocycles. The van der Waals surface area contributed by atoms with E-state index in [0.29, 0.717) is 10.6 Å². The Balaban J connectivity index is 2.69. The number of Topliss-reactive ketones (excluding diaryl/α,β-unsaturated/α-hetero) is 1. The number of carbonyl (C=O) groups is 1. The molecule has 0 N–H and O–H groups in total. The Morgan fingerprint density at radius 2 is 2.12 bits per heavy atom. The van der Waals surface area contributed by atoms with E-state index in [1.54, 1.807) is 19.2 Å². The number of halogens is 2. The lowest BCUT2D eigenvalue weighted by Gasteiger charge is -2.00. The van der Waals surface area contributed by atoms with Crippen molar-refractivity contribution in [3.8, 4) is 0 Å². The molecule has 1 unspecified atom stereocenters. The molecule has 0 spiro atoms. The number of aromatic nitrogens is 1. The zero-order valence-corrected chi connectivity index (χ0v) is 10.5. The quantitative estimate of drug-likeness (QED) is 0.593. The first kappa shape index (κ1) is 11.5. The lowest BCUT2D eigenvalue weighted by Crippen LogP contribution is -2.09. The van der Waals surface area contributed by atoms with Crippen molar-refractivity contribution in [1.29, 1.82) is 0 Å². The summed E-state index contributed by atoms with van der Waals surface area (Å²) in [6.07, 6.45) is 1.79. The molecule has 0 bridgehead atoms. The summed E-state index contributed by atoms with van der Waals surface area (Å²) in [4.78, 5) is 11.9. The van der Waals surface area contributed by atoms with Crippen LogP contribution in [0.1, 0.15) is 17.3 Å². The third-order valence-corrected chi connectivity index (χ3v) is 3.01. The Bertz CT molecular complexity index is 557. The minimum absolute atomic E-state index is 0.0606. The van der Waals surface area contributed by atoms with Crippen molar-refractivity contribution in [3.63, 3.8) is 0 Å². The van der Waals surface area contributed by atoms with Gasteiger partial charge in [-0.25, -0.2) is 0 Å². The molecule has 84 valence electrons. The van der Waals surface area contributed by atoms with Crippen LogP contribution in [0.5, 0.6) is 0 Å². The molecule has 16 heavy (non-hydrogen) atoms. The topological polar surface area (TPSA) is 22.0 Å². The normalized spacial score (nSPS) is 13.0. The maximum Gasteiger partial charge on any atom is 0.182 e. The van der Waals surface area contributed by atoms with Gasteiger partial charge in [-0.2, -0.15) is 0 Å². The molecule has 0 radical (unpaired) electrons. The van der Waals surface area contributed by atoms with Crippen LogP contribution in [0, 0.1) is 0 Å². The maximum atomic E-state index is 11.9. The summed E-state index contributed by atoms with van der Waals surface area (Å²) in [7, 11) is 1.88. The standard InChI is InChI=1S/C12H11Cl2NO/c1-7(13)12(16)10-6-15(2)11-5-8(14)3-4-9(10)11/h3-7H,1-2H3. The molecule has 0 saturated carbocycles. The van der Waals surface area contributed by atoms with E-state index < -0.39 is 5.38 Å². The van der Waals surface area contributed by atoms with Gasteiger partial charge in [0.15, 0.2) is 5.78 Å². The molecule has 1 aromatic carbocycles. The first-order chi connectivity index (χ1) is 7.50. The van der Waals surface area contributed by atoms with Crippen LogP contribution >= 0.6 is 23.2 Å². The van der Waals surface area contributed by atoms with E-state index in [0.717, 1.165) is 10.9 Å². The highest BCUT2D eigenvalue weighted by molar-refractivity contribution is 6.35. The van der Waals surface area contributed by atoms with Gasteiger partial charge < -0.3 is 4.57 Å². The van der Waals surface area contributed by atoms with Gasteiger partial charge in [0, 0.05) is 34.7 Å². The van der Waals surface area contributed by atoms with Crippen LogP contribution in [0.3, 0.4) is 0 Å². The van der Waals surface area contributed by atoms with Crippen molar-refractivity contribution in [3.05, 3.63) is 35.0 Å². The molecule has 2 rings (SSSR count). The molecular weight excluding hydrogens is 245 g/mol. The van der Waals surface area contributed by atoms with Gasteiger partial charge in [-0.05, 0) is 19.1 Å². The zero-order valence-electron chi connectivity index (χ0n) is 9.00. The highest BCUT2D eigenvalue weighted by Gasteiger charge is 2.17. The Morgan fingerprint density at radius 3 is 2.75 bits per heavy atom. The molecule has 1 atom stereocenters. The fourth-order valence-corrected chi connectivity index (χ4v) is 2.05. The van der Waals surface area contributed by atoms with Gasteiger partial charge in [-0.3, -0.25) is 4.79 Å². The molecule has 0 aliphatic rings. The van der Waals surface area contributed by atoms with Crippen molar-refractivity contribution in [2.45, 2.75) is 12.3 Å². The monoisotopic (exact) mass is 255 g/mol. The van der Waals surface area contributed by atoms with E-state index in [1.165, 1.54) is 0 Å². The number of carbonyl (C=O) groups excluding carboxylic acids is 1. The van der Waals surface area contributed by atoms with Crippen molar-refractivity contribution >= 4 is 39.9 Å². The molecule has 0 fully saturated rings. The maximum absolute atomic E-state index is 11.9. The van der Waals surface area contributed by atoms with Gasteiger partial charge in [0.2, 0.25) is 0 Å². The number of fused-ring (bicyclic) bond motifs is 1. The van der Waals surface area contributed by atoms with Crippen molar-refractivity contribution in [1.82, 2.24) is 4.57 Å². The first-order valence-corrected chi connectivity index (χ1v) is 5.75. The van der Waals surface area contributed by atoms with E-state index in [1.807, 2.05) is 23.7 Å². The van der Waals surface area contributed by atoms with Crippen molar-refractivity contribution < 1.29 is 4.79 Å². The zero-order chi connectivity index (χ0) is 11.9. The molecule has 2 nitrogen and oxygen atoms in total. The van der Waals surface area contributed by atoms with E-state index in [4.69, 9.17) is 23.2 Å². The second-order valence-electron chi connectivity index (χ2n) is 3.80. The Kier molecular flexibility index (Phi) is 2.96. The van der Waals surface area contributed by atoms with Crippen LogP contribution in [-0.2, 0) is 7.05 Å². The fraction of sp³-hybridized carbons (Fsp3) is 0.250. The first-order valence-electron chi connectivity index (χ1n) is 4.93. The molecular formula is C12H11Cl2NO. The predicted octanol–water partition coefficient (Wildman–Crippen LogP) is 3.64. The number of nitrogens with zero attached hydrogens (tertiary/aromatic N) is 1. The highest BCUT2D eigenvalue weighted by Crippen LogP contribution is 2.25. The highest BCUT2D eigenvalue weighted by atomic mass is 35.5. The number of ketones is 1. The predicted molar refractivity (Wildman–Crippen MR) is 67.6 cm³/mol. The lowest BCUT2D eigenvalue weighted by molar-refractivity contribution is 0.0993. The molecule has 4 heteroatoms. The fourth-order valence-electron chi connectivity index (χ4n) is 1.77. The number of hydrogen-bond acceptors (Lipinski definition) is 1. The Hall–Kier alpha value is -0.990. The third-order valence-electron chi connectivity index (χ3n) is 2.58. The largest absolute Gasteiger partial charge is 0.350 e. The van der Waals surface area contributed by atoms with Crippen LogP contribution in [0.4, 0.5) is 0 Å². The van der Waals surface area contributed by atoms with Gasteiger partial charge in [-0.15, -0.1) is 11.6 Å². The summed E-state index contributed by atoms with van der Waals surface area (Å²) >= 11 is 11.7. The van der Waals surface area contributed by atoms with E-state index in [-0.39, 0.29) is 5.78 Å². The SMILES string of the molecule is CC(Cl)C(=O)c1cn(C)c2cc(Cl)ccc12. The molecule has 0 aliphatic carbocycles. The van der Waals surface area contributed by atoms with E-state index in [2.05, 4.69) is 0 Å². The van der Waals surface area contributed by atoms with Gasteiger partial charge >= 0.3 is 0 Å². The third kappa shape index (κ3) is 1.83. The summed E-state index contributed by atoms with van der Waals surface area (Å²) in [6, 6.07) is 5.47. The summed E-state index contributed by atoms with van der Waals surface area (Å²) in [5.41, 5.74) is 1.59. The van der Waals surface area contributed by atoms with Crippen LogP contribution in [-0.4, -0.2) is 15.7 Å². The Morgan fingerprint density at radius 1 is 1.44 bits per heavy atom. The number of hydrogen-bond donors (Lipinski definition) is 0.